The fraction of sp³-hybridized carbons (Fsp3) is 0.304. The highest BCUT2D eigenvalue weighted by molar-refractivity contribution is 6.00. The standard InChI is InChI=1S/C23H19N5O7/c1-2-11-35-22(30)18-19(14-3-7-16(8-4-14)27(31)32)23(12-24,13-25)20(26-21(18)29)15-5-9-17(10-6-15)28(33)34/h3-10,18-20H,2,11H2,1H3,(H,26,29). The predicted octanol–water partition coefficient (Wildman–Crippen LogP) is 3.06. The van der Waals surface area contributed by atoms with Gasteiger partial charge in [-0.1, -0.05) is 31.2 Å². The normalized spacial score (nSPS) is 20.5. The molecule has 1 saturated heterocycles. The molecule has 12 nitrogen and oxygen atoms in total. The van der Waals surface area contributed by atoms with E-state index in [2.05, 4.69) is 5.32 Å². The lowest BCUT2D eigenvalue weighted by molar-refractivity contribution is -0.385. The molecule has 0 aliphatic carbocycles. The van der Waals surface area contributed by atoms with Crippen LogP contribution in [0.2, 0.25) is 0 Å². The first kappa shape index (κ1) is 24.8. The number of nitrogens with zero attached hydrogens (tertiary/aromatic N) is 4. The number of hydrogen-bond donors (Lipinski definition) is 1. The van der Waals surface area contributed by atoms with Crippen LogP contribution in [0.25, 0.3) is 0 Å². The van der Waals surface area contributed by atoms with Crippen molar-refractivity contribution in [2.75, 3.05) is 6.61 Å². The Labute approximate surface area is 199 Å². The van der Waals surface area contributed by atoms with E-state index in [9.17, 15) is 40.3 Å². The number of amides is 1. The molecule has 1 N–H and O–H groups in total. The minimum atomic E-state index is -2.06. The SMILES string of the molecule is CCCOC(=O)C1C(=O)NC(c2ccc([N+](=O)[O-])cc2)C(C#N)(C#N)C1c1ccc([N+](=O)[O-])cc1. The molecule has 12 heteroatoms. The van der Waals surface area contributed by atoms with Crippen molar-refractivity contribution >= 4 is 23.3 Å². The summed E-state index contributed by atoms with van der Waals surface area (Å²) in [7, 11) is 0. The lowest BCUT2D eigenvalue weighted by Gasteiger charge is -2.44. The topological polar surface area (TPSA) is 189 Å². The highest BCUT2D eigenvalue weighted by Gasteiger charge is 2.60. The van der Waals surface area contributed by atoms with Gasteiger partial charge < -0.3 is 10.1 Å². The van der Waals surface area contributed by atoms with Crippen molar-refractivity contribution < 1.29 is 24.2 Å². The second kappa shape index (κ2) is 9.97. The average Bonchev–Trinajstić information content (AvgIpc) is 2.86. The third kappa shape index (κ3) is 4.50. The minimum Gasteiger partial charge on any atom is -0.465 e. The van der Waals surface area contributed by atoms with Crippen LogP contribution in [0.15, 0.2) is 48.5 Å². The monoisotopic (exact) mass is 477 g/mol. The lowest BCUT2D eigenvalue weighted by atomic mass is 9.60. The molecule has 1 amide bonds. The molecule has 1 aliphatic heterocycles. The van der Waals surface area contributed by atoms with Gasteiger partial charge in [0.1, 0.15) is 5.92 Å². The van der Waals surface area contributed by atoms with E-state index in [-0.39, 0.29) is 29.1 Å². The van der Waals surface area contributed by atoms with Crippen LogP contribution >= 0.6 is 0 Å². The number of nitro groups is 2. The van der Waals surface area contributed by atoms with Crippen molar-refractivity contribution in [3.8, 4) is 12.1 Å². The van der Waals surface area contributed by atoms with Gasteiger partial charge in [-0.05, 0) is 17.5 Å². The molecule has 0 radical (unpaired) electrons. The van der Waals surface area contributed by atoms with Gasteiger partial charge in [0.05, 0.1) is 34.6 Å². The van der Waals surface area contributed by atoms with Gasteiger partial charge in [0.15, 0.2) is 5.41 Å². The molecule has 0 aromatic heterocycles. The highest BCUT2D eigenvalue weighted by Crippen LogP contribution is 2.52. The largest absolute Gasteiger partial charge is 0.465 e. The molecule has 3 rings (SSSR count). The molecule has 0 saturated carbocycles. The number of rotatable bonds is 7. The number of nitro benzene ring substituents is 2. The van der Waals surface area contributed by atoms with E-state index in [0.29, 0.717) is 6.42 Å². The van der Waals surface area contributed by atoms with E-state index < -0.39 is 45.0 Å². The molecular formula is C23H19N5O7. The predicted molar refractivity (Wildman–Crippen MR) is 118 cm³/mol. The van der Waals surface area contributed by atoms with Crippen molar-refractivity contribution in [1.29, 1.82) is 10.5 Å². The summed E-state index contributed by atoms with van der Waals surface area (Å²) < 4.78 is 5.18. The number of hydrogen-bond acceptors (Lipinski definition) is 9. The molecule has 3 atom stereocenters. The Morgan fingerprint density at radius 1 is 1.00 bits per heavy atom. The Morgan fingerprint density at radius 2 is 1.49 bits per heavy atom. The summed E-state index contributed by atoms with van der Waals surface area (Å²) in [6, 6.07) is 12.5. The second-order valence-corrected chi connectivity index (χ2v) is 7.85. The summed E-state index contributed by atoms with van der Waals surface area (Å²) in [6.07, 6.45) is 0.468. The molecule has 35 heavy (non-hydrogen) atoms. The maximum absolute atomic E-state index is 13.2. The smallest absolute Gasteiger partial charge is 0.319 e. The summed E-state index contributed by atoms with van der Waals surface area (Å²) >= 11 is 0. The third-order valence-corrected chi connectivity index (χ3v) is 5.82. The van der Waals surface area contributed by atoms with Crippen LogP contribution in [0.1, 0.15) is 36.4 Å². The first-order valence-corrected chi connectivity index (χ1v) is 10.5. The first-order valence-electron chi connectivity index (χ1n) is 10.5. The first-order chi connectivity index (χ1) is 16.7. The number of carbonyl (C=O) groups excluding carboxylic acids is 2. The van der Waals surface area contributed by atoms with Crippen LogP contribution in [0.3, 0.4) is 0 Å². The summed E-state index contributed by atoms with van der Waals surface area (Å²) in [4.78, 5) is 47.0. The third-order valence-electron chi connectivity index (χ3n) is 5.82. The Morgan fingerprint density at radius 3 is 1.91 bits per heavy atom. The molecule has 2 aromatic carbocycles. The number of esters is 1. The van der Waals surface area contributed by atoms with E-state index >= 15 is 0 Å². The van der Waals surface area contributed by atoms with Crippen LogP contribution in [-0.2, 0) is 14.3 Å². The van der Waals surface area contributed by atoms with Gasteiger partial charge in [0, 0.05) is 30.2 Å². The van der Waals surface area contributed by atoms with Gasteiger partial charge in [-0.25, -0.2) is 0 Å². The van der Waals surface area contributed by atoms with Crippen LogP contribution in [0.5, 0.6) is 0 Å². The van der Waals surface area contributed by atoms with Crippen molar-refractivity contribution in [3.63, 3.8) is 0 Å². The van der Waals surface area contributed by atoms with E-state index in [1.807, 2.05) is 12.1 Å². The Bertz CT molecular complexity index is 1230. The maximum Gasteiger partial charge on any atom is 0.319 e. The van der Waals surface area contributed by atoms with Crippen molar-refractivity contribution in [1.82, 2.24) is 5.32 Å². The average molecular weight is 477 g/mol. The minimum absolute atomic E-state index is 0.00742. The number of carbonyl (C=O) groups is 2. The zero-order valence-corrected chi connectivity index (χ0v) is 18.4. The van der Waals surface area contributed by atoms with Gasteiger partial charge >= 0.3 is 5.97 Å². The molecule has 178 valence electrons. The number of nitrogens with one attached hydrogen (secondary N) is 1. The Kier molecular flexibility index (Phi) is 7.06. The highest BCUT2D eigenvalue weighted by atomic mass is 16.6. The van der Waals surface area contributed by atoms with Gasteiger partial charge in [0.2, 0.25) is 5.91 Å². The van der Waals surface area contributed by atoms with Gasteiger partial charge in [-0.15, -0.1) is 0 Å². The molecule has 0 spiro atoms. The fourth-order valence-corrected chi connectivity index (χ4v) is 4.16. The number of benzene rings is 2. The summed E-state index contributed by atoms with van der Waals surface area (Å²) in [6.45, 7) is 1.76. The van der Waals surface area contributed by atoms with Gasteiger partial charge in [-0.3, -0.25) is 29.8 Å². The van der Waals surface area contributed by atoms with Crippen molar-refractivity contribution in [2.45, 2.75) is 25.3 Å². The van der Waals surface area contributed by atoms with Gasteiger partial charge in [0.25, 0.3) is 11.4 Å². The van der Waals surface area contributed by atoms with Crippen molar-refractivity contribution in [3.05, 3.63) is 79.9 Å². The van der Waals surface area contributed by atoms with Crippen molar-refractivity contribution in [2.24, 2.45) is 11.3 Å². The van der Waals surface area contributed by atoms with Crippen LogP contribution in [-0.4, -0.2) is 28.3 Å². The van der Waals surface area contributed by atoms with Crippen LogP contribution in [0, 0.1) is 54.2 Å². The molecule has 0 bridgehead atoms. The molecular weight excluding hydrogens is 458 g/mol. The van der Waals surface area contributed by atoms with Gasteiger partial charge in [-0.2, -0.15) is 10.5 Å². The zero-order valence-electron chi connectivity index (χ0n) is 18.4. The summed E-state index contributed by atoms with van der Waals surface area (Å²) in [5.41, 5.74) is -2.14. The number of non-ortho nitro benzene ring substituents is 2. The number of ether oxygens (including phenoxy) is 1. The molecule has 3 unspecified atom stereocenters. The number of nitriles is 2. The zero-order chi connectivity index (χ0) is 25.8. The number of piperidine rings is 1. The van der Waals surface area contributed by atoms with Crippen LogP contribution < -0.4 is 5.32 Å². The lowest BCUT2D eigenvalue weighted by Crippen LogP contribution is -2.56. The molecule has 1 fully saturated rings. The quantitative estimate of drug-likeness (QED) is 0.270. The summed E-state index contributed by atoms with van der Waals surface area (Å²) in [5.74, 6) is -4.68. The van der Waals surface area contributed by atoms with E-state index in [4.69, 9.17) is 4.74 Å². The van der Waals surface area contributed by atoms with Crippen LogP contribution in [0.4, 0.5) is 11.4 Å². The fourth-order valence-electron chi connectivity index (χ4n) is 4.16. The molecule has 1 heterocycles. The van der Waals surface area contributed by atoms with E-state index in [0.717, 1.165) is 12.1 Å². The molecule has 2 aromatic rings. The summed E-state index contributed by atoms with van der Waals surface area (Å²) in [5, 5.41) is 45.2. The maximum atomic E-state index is 13.2. The van der Waals surface area contributed by atoms with E-state index in [1.165, 1.54) is 36.4 Å². The Hall–Kier alpha value is -4.84. The molecule has 1 aliphatic rings. The van der Waals surface area contributed by atoms with E-state index in [1.54, 1.807) is 6.92 Å². The second-order valence-electron chi connectivity index (χ2n) is 7.85. The Balaban J connectivity index is 2.21.